The number of hydrogen-bond acceptors (Lipinski definition) is 4. The van der Waals surface area contributed by atoms with Crippen LogP contribution < -0.4 is 5.32 Å². The lowest BCUT2D eigenvalue weighted by Gasteiger charge is -2.19. The maximum Gasteiger partial charge on any atom is 0.407 e. The second-order valence-electron chi connectivity index (χ2n) is 5.37. The molecule has 2 aromatic heterocycles. The topological polar surface area (TPSA) is 69.0 Å². The van der Waals surface area contributed by atoms with Crippen molar-refractivity contribution in [1.29, 1.82) is 0 Å². The van der Waals surface area contributed by atoms with Crippen LogP contribution in [0.4, 0.5) is 4.79 Å². The van der Waals surface area contributed by atoms with Gasteiger partial charge in [-0.2, -0.15) is 5.10 Å². The van der Waals surface area contributed by atoms with Crippen LogP contribution in [0.3, 0.4) is 0 Å². The Morgan fingerprint density at radius 3 is 2.84 bits per heavy atom. The van der Waals surface area contributed by atoms with Crippen molar-refractivity contribution in [2.75, 3.05) is 0 Å². The van der Waals surface area contributed by atoms with Gasteiger partial charge in [0.1, 0.15) is 11.1 Å². The minimum Gasteiger partial charge on any atom is -0.444 e. The van der Waals surface area contributed by atoms with E-state index in [9.17, 15) is 4.79 Å². The van der Waals surface area contributed by atoms with E-state index >= 15 is 0 Å². The van der Waals surface area contributed by atoms with Gasteiger partial charge in [0.15, 0.2) is 0 Å². The summed E-state index contributed by atoms with van der Waals surface area (Å²) in [6.07, 6.45) is 3.00. The summed E-state index contributed by atoms with van der Waals surface area (Å²) in [6, 6.07) is 1.95. The molecule has 0 aliphatic carbocycles. The number of carbonyl (C=O) groups excluding carboxylic acids is 1. The lowest BCUT2D eigenvalue weighted by atomic mass is 10.2. The Kier molecular flexibility index (Phi) is 3.42. The maximum absolute atomic E-state index is 11.5. The summed E-state index contributed by atoms with van der Waals surface area (Å²) >= 11 is 0. The fourth-order valence-electron chi connectivity index (χ4n) is 1.65. The van der Waals surface area contributed by atoms with Crippen molar-refractivity contribution < 1.29 is 9.53 Å². The molecular weight excluding hydrogens is 244 g/mol. The highest BCUT2D eigenvalue weighted by Gasteiger charge is 2.15. The SMILES string of the molecule is Cn1ncc2ncc(CNC(=O)OC(C)(C)C)cc21. The van der Waals surface area contributed by atoms with Crippen LogP contribution >= 0.6 is 0 Å². The number of pyridine rings is 1. The summed E-state index contributed by atoms with van der Waals surface area (Å²) < 4.78 is 6.92. The first kappa shape index (κ1) is 13.3. The van der Waals surface area contributed by atoms with E-state index in [1.807, 2.05) is 33.9 Å². The molecule has 2 rings (SSSR count). The van der Waals surface area contributed by atoms with E-state index in [2.05, 4.69) is 15.4 Å². The number of rotatable bonds is 2. The Bertz CT molecular complexity index is 598. The summed E-state index contributed by atoms with van der Waals surface area (Å²) in [5.41, 5.74) is 2.18. The first-order valence-corrected chi connectivity index (χ1v) is 6.09. The molecule has 0 bridgehead atoms. The van der Waals surface area contributed by atoms with Crippen molar-refractivity contribution in [3.05, 3.63) is 24.0 Å². The second-order valence-corrected chi connectivity index (χ2v) is 5.37. The Balaban J connectivity index is 2.02. The minimum absolute atomic E-state index is 0.378. The molecule has 0 saturated heterocycles. The molecule has 2 aromatic rings. The Hall–Kier alpha value is -2.11. The van der Waals surface area contributed by atoms with Gasteiger partial charge in [-0.25, -0.2) is 4.79 Å². The molecule has 6 heteroatoms. The van der Waals surface area contributed by atoms with Crippen LogP contribution in [0.15, 0.2) is 18.5 Å². The van der Waals surface area contributed by atoms with Crippen molar-refractivity contribution >= 4 is 17.1 Å². The maximum atomic E-state index is 11.5. The third kappa shape index (κ3) is 3.43. The van der Waals surface area contributed by atoms with E-state index in [4.69, 9.17) is 4.74 Å². The molecule has 19 heavy (non-hydrogen) atoms. The average Bonchev–Trinajstić information content (AvgIpc) is 2.66. The zero-order chi connectivity index (χ0) is 14.0. The Labute approximate surface area is 111 Å². The second kappa shape index (κ2) is 4.87. The third-order valence-corrected chi connectivity index (χ3v) is 2.49. The van der Waals surface area contributed by atoms with Gasteiger partial charge in [-0.15, -0.1) is 0 Å². The third-order valence-electron chi connectivity index (χ3n) is 2.49. The average molecular weight is 262 g/mol. The number of aryl methyl sites for hydroxylation is 1. The van der Waals surface area contributed by atoms with Gasteiger partial charge in [0.2, 0.25) is 0 Å². The largest absolute Gasteiger partial charge is 0.444 e. The summed E-state index contributed by atoms with van der Waals surface area (Å²) in [6.45, 7) is 5.87. The predicted molar refractivity (Wildman–Crippen MR) is 71.6 cm³/mol. The monoisotopic (exact) mass is 262 g/mol. The number of alkyl carbamates (subject to hydrolysis) is 1. The number of nitrogens with one attached hydrogen (secondary N) is 1. The molecule has 0 aliphatic heterocycles. The van der Waals surface area contributed by atoms with Crippen LogP contribution in [-0.2, 0) is 18.3 Å². The van der Waals surface area contributed by atoms with E-state index in [0.29, 0.717) is 6.54 Å². The predicted octanol–water partition coefficient (Wildman–Crippen LogP) is 1.99. The first-order valence-electron chi connectivity index (χ1n) is 6.09. The van der Waals surface area contributed by atoms with Crippen molar-refractivity contribution in [3.8, 4) is 0 Å². The van der Waals surface area contributed by atoms with E-state index < -0.39 is 11.7 Å². The molecule has 2 heterocycles. The molecular formula is C13H18N4O2. The van der Waals surface area contributed by atoms with Crippen molar-refractivity contribution in [2.45, 2.75) is 32.9 Å². The number of fused-ring (bicyclic) bond motifs is 1. The summed E-state index contributed by atoms with van der Waals surface area (Å²) in [5, 5.41) is 6.82. The smallest absolute Gasteiger partial charge is 0.407 e. The van der Waals surface area contributed by atoms with Gasteiger partial charge in [-0.3, -0.25) is 9.67 Å². The van der Waals surface area contributed by atoms with Gasteiger partial charge in [0.05, 0.1) is 11.7 Å². The number of nitrogens with zero attached hydrogens (tertiary/aromatic N) is 3. The van der Waals surface area contributed by atoms with Crippen LogP contribution in [-0.4, -0.2) is 26.5 Å². The molecule has 0 atom stereocenters. The summed E-state index contributed by atoms with van der Waals surface area (Å²) in [5.74, 6) is 0. The van der Waals surface area contributed by atoms with Crippen LogP contribution in [0.5, 0.6) is 0 Å². The summed E-state index contributed by atoms with van der Waals surface area (Å²) in [7, 11) is 1.86. The molecule has 0 spiro atoms. The molecule has 0 aliphatic rings. The number of amides is 1. The highest BCUT2D eigenvalue weighted by molar-refractivity contribution is 5.74. The zero-order valence-electron chi connectivity index (χ0n) is 11.6. The molecule has 1 amide bonds. The van der Waals surface area contributed by atoms with Crippen LogP contribution in [0, 0.1) is 0 Å². The molecule has 0 fully saturated rings. The Morgan fingerprint density at radius 2 is 2.16 bits per heavy atom. The lowest BCUT2D eigenvalue weighted by Crippen LogP contribution is -2.32. The summed E-state index contributed by atoms with van der Waals surface area (Å²) in [4.78, 5) is 15.8. The van der Waals surface area contributed by atoms with E-state index in [1.54, 1.807) is 17.1 Å². The van der Waals surface area contributed by atoms with Gasteiger partial charge < -0.3 is 10.1 Å². The quantitative estimate of drug-likeness (QED) is 0.898. The zero-order valence-corrected chi connectivity index (χ0v) is 11.6. The highest BCUT2D eigenvalue weighted by atomic mass is 16.6. The number of aromatic nitrogens is 3. The lowest BCUT2D eigenvalue weighted by molar-refractivity contribution is 0.0523. The molecule has 6 nitrogen and oxygen atoms in total. The van der Waals surface area contributed by atoms with Crippen molar-refractivity contribution in [1.82, 2.24) is 20.1 Å². The first-order chi connectivity index (χ1) is 8.85. The van der Waals surface area contributed by atoms with Crippen LogP contribution in [0.2, 0.25) is 0 Å². The molecule has 102 valence electrons. The normalized spacial score (nSPS) is 11.6. The molecule has 0 radical (unpaired) electrons. The highest BCUT2D eigenvalue weighted by Crippen LogP contribution is 2.12. The van der Waals surface area contributed by atoms with Gasteiger partial charge >= 0.3 is 6.09 Å². The molecule has 0 aromatic carbocycles. The number of hydrogen-bond donors (Lipinski definition) is 1. The fraction of sp³-hybridized carbons (Fsp3) is 0.462. The van der Waals surface area contributed by atoms with Gasteiger partial charge in [0.25, 0.3) is 0 Å². The van der Waals surface area contributed by atoms with Gasteiger partial charge in [-0.05, 0) is 32.4 Å². The van der Waals surface area contributed by atoms with Gasteiger partial charge in [-0.1, -0.05) is 0 Å². The number of ether oxygens (including phenoxy) is 1. The van der Waals surface area contributed by atoms with Crippen molar-refractivity contribution in [3.63, 3.8) is 0 Å². The number of carbonyl (C=O) groups is 1. The molecule has 0 saturated carbocycles. The molecule has 1 N–H and O–H groups in total. The fourth-order valence-corrected chi connectivity index (χ4v) is 1.65. The Morgan fingerprint density at radius 1 is 1.42 bits per heavy atom. The van der Waals surface area contributed by atoms with E-state index in [1.165, 1.54) is 0 Å². The van der Waals surface area contributed by atoms with E-state index in [-0.39, 0.29) is 0 Å². The molecule has 0 unspecified atom stereocenters. The standard InChI is InChI=1S/C13H18N4O2/c1-13(2,3)19-12(18)15-7-9-5-11-10(14-6-9)8-16-17(11)4/h5-6,8H,7H2,1-4H3,(H,15,18). The van der Waals surface area contributed by atoms with E-state index in [0.717, 1.165) is 16.6 Å². The van der Waals surface area contributed by atoms with Gasteiger partial charge in [0, 0.05) is 19.8 Å². The van der Waals surface area contributed by atoms with Crippen LogP contribution in [0.25, 0.3) is 11.0 Å². The van der Waals surface area contributed by atoms with Crippen molar-refractivity contribution in [2.24, 2.45) is 7.05 Å². The minimum atomic E-state index is -0.492. The van der Waals surface area contributed by atoms with Crippen LogP contribution in [0.1, 0.15) is 26.3 Å².